The molecule has 0 saturated carbocycles. The number of thioether (sulfide) groups is 1. The highest BCUT2D eigenvalue weighted by Gasteiger charge is 2.32. The first-order valence-corrected chi connectivity index (χ1v) is 9.36. The van der Waals surface area contributed by atoms with E-state index in [9.17, 15) is 9.59 Å². The smallest absolute Gasteiger partial charge is 0.240 e. The number of aliphatic imine (C=N–C) groups is 1. The van der Waals surface area contributed by atoms with Gasteiger partial charge in [0.1, 0.15) is 5.25 Å². The largest absolute Gasteiger partial charge is 0.325 e. The molecule has 7 heteroatoms. The second-order valence-corrected chi connectivity index (χ2v) is 7.63. The number of aryl methyl sites for hydroxylation is 1. The molecule has 0 spiro atoms. The van der Waals surface area contributed by atoms with Crippen LogP contribution < -0.4 is 10.6 Å². The lowest BCUT2D eigenvalue weighted by Crippen LogP contribution is -2.28. The van der Waals surface area contributed by atoms with Crippen LogP contribution >= 0.6 is 27.7 Å². The minimum atomic E-state index is -0.480. The van der Waals surface area contributed by atoms with Gasteiger partial charge in [-0.3, -0.25) is 9.59 Å². The molecular formula is C18H16BrN3O2S. The van der Waals surface area contributed by atoms with Crippen LogP contribution in [0.1, 0.15) is 12.0 Å². The molecular weight excluding hydrogens is 402 g/mol. The predicted octanol–water partition coefficient (Wildman–Crippen LogP) is 4.01. The summed E-state index contributed by atoms with van der Waals surface area (Å²) in [5.74, 6) is -0.408. The summed E-state index contributed by atoms with van der Waals surface area (Å²) in [6, 6.07) is 15.1. The maximum Gasteiger partial charge on any atom is 0.240 e. The number of carbonyl (C=O) groups excluding carboxylic acids is 2. The summed E-state index contributed by atoms with van der Waals surface area (Å²) in [4.78, 5) is 28.7. The van der Waals surface area contributed by atoms with E-state index in [1.54, 1.807) is 6.07 Å². The van der Waals surface area contributed by atoms with Crippen molar-refractivity contribution in [3.8, 4) is 0 Å². The highest BCUT2D eigenvalue weighted by Crippen LogP contribution is 2.27. The number of rotatable bonds is 4. The predicted molar refractivity (Wildman–Crippen MR) is 105 cm³/mol. The SMILES string of the molecule is Cc1ccc(N=C2NC(=O)C(CC(=O)Nc3ccccc3Br)S2)cc1. The van der Waals surface area contributed by atoms with Gasteiger partial charge in [0.25, 0.3) is 0 Å². The van der Waals surface area contributed by atoms with E-state index in [-0.39, 0.29) is 18.2 Å². The number of benzene rings is 2. The lowest BCUT2D eigenvalue weighted by Gasteiger charge is -2.08. The maximum absolute atomic E-state index is 12.2. The fourth-order valence-corrected chi connectivity index (χ4v) is 3.63. The van der Waals surface area contributed by atoms with Gasteiger partial charge in [-0.2, -0.15) is 0 Å². The van der Waals surface area contributed by atoms with Gasteiger partial charge in [0.05, 0.1) is 11.4 Å². The van der Waals surface area contributed by atoms with Crippen LogP contribution in [0.5, 0.6) is 0 Å². The molecule has 3 rings (SSSR count). The number of amidine groups is 1. The van der Waals surface area contributed by atoms with Crippen LogP contribution in [0.3, 0.4) is 0 Å². The highest BCUT2D eigenvalue weighted by molar-refractivity contribution is 9.10. The first kappa shape index (κ1) is 17.7. The molecule has 0 aromatic heterocycles. The van der Waals surface area contributed by atoms with Crippen LogP contribution in [0, 0.1) is 6.92 Å². The Labute approximate surface area is 158 Å². The summed E-state index contributed by atoms with van der Waals surface area (Å²) in [7, 11) is 0. The first-order valence-electron chi connectivity index (χ1n) is 7.68. The number of amides is 2. The van der Waals surface area contributed by atoms with Crippen LogP contribution in [-0.4, -0.2) is 22.2 Å². The van der Waals surface area contributed by atoms with Gasteiger partial charge in [-0.25, -0.2) is 4.99 Å². The lowest BCUT2D eigenvalue weighted by atomic mass is 10.2. The molecule has 2 aromatic carbocycles. The van der Waals surface area contributed by atoms with Crippen molar-refractivity contribution in [2.24, 2.45) is 4.99 Å². The van der Waals surface area contributed by atoms with Crippen molar-refractivity contribution in [3.63, 3.8) is 0 Å². The van der Waals surface area contributed by atoms with Crippen molar-refractivity contribution in [1.82, 2.24) is 5.32 Å². The zero-order valence-electron chi connectivity index (χ0n) is 13.5. The molecule has 1 aliphatic heterocycles. The number of hydrogen-bond acceptors (Lipinski definition) is 4. The Kier molecular flexibility index (Phi) is 5.55. The van der Waals surface area contributed by atoms with Gasteiger partial charge in [0.2, 0.25) is 11.8 Å². The quantitative estimate of drug-likeness (QED) is 0.789. The summed E-state index contributed by atoms with van der Waals surface area (Å²) in [6.45, 7) is 2.00. The van der Waals surface area contributed by atoms with Crippen molar-refractivity contribution < 1.29 is 9.59 Å². The molecule has 1 unspecified atom stereocenters. The average molecular weight is 418 g/mol. The Morgan fingerprint density at radius 2 is 1.96 bits per heavy atom. The monoisotopic (exact) mass is 417 g/mol. The third-order valence-electron chi connectivity index (χ3n) is 3.56. The second kappa shape index (κ2) is 7.84. The normalized spacial score (nSPS) is 18.2. The first-order chi connectivity index (χ1) is 12.0. The summed E-state index contributed by atoms with van der Waals surface area (Å²) >= 11 is 4.66. The average Bonchev–Trinajstić information content (AvgIpc) is 2.91. The molecule has 0 bridgehead atoms. The topological polar surface area (TPSA) is 70.6 Å². The third kappa shape index (κ3) is 4.70. The molecule has 1 saturated heterocycles. The molecule has 5 nitrogen and oxygen atoms in total. The van der Waals surface area contributed by atoms with Crippen molar-refractivity contribution in [1.29, 1.82) is 0 Å². The van der Waals surface area contributed by atoms with Gasteiger partial charge >= 0.3 is 0 Å². The minimum absolute atomic E-state index is 0.0880. The van der Waals surface area contributed by atoms with E-state index in [4.69, 9.17) is 0 Å². The summed E-state index contributed by atoms with van der Waals surface area (Å²) in [5.41, 5.74) is 2.60. The standard InChI is InChI=1S/C18H16BrN3O2S/c1-11-6-8-12(9-7-11)20-18-22-17(24)15(25-18)10-16(23)21-14-5-3-2-4-13(14)19/h2-9,15H,10H2,1H3,(H,21,23)(H,20,22,24). The lowest BCUT2D eigenvalue weighted by molar-refractivity contribution is -0.122. The Hall–Kier alpha value is -2.12. The van der Waals surface area contributed by atoms with Crippen molar-refractivity contribution in [2.75, 3.05) is 5.32 Å². The van der Waals surface area contributed by atoms with Crippen molar-refractivity contribution in [2.45, 2.75) is 18.6 Å². The van der Waals surface area contributed by atoms with E-state index in [1.165, 1.54) is 11.8 Å². The number of hydrogen-bond donors (Lipinski definition) is 2. The number of carbonyl (C=O) groups is 2. The van der Waals surface area contributed by atoms with Crippen LogP contribution in [0.25, 0.3) is 0 Å². The second-order valence-electron chi connectivity index (χ2n) is 5.58. The molecule has 1 heterocycles. The zero-order chi connectivity index (χ0) is 17.8. The van der Waals surface area contributed by atoms with Gasteiger partial charge in [0.15, 0.2) is 5.17 Å². The Balaban J connectivity index is 1.62. The van der Waals surface area contributed by atoms with Crippen LogP contribution in [-0.2, 0) is 9.59 Å². The number of anilines is 1. The van der Waals surface area contributed by atoms with Crippen LogP contribution in [0.2, 0.25) is 0 Å². The molecule has 25 heavy (non-hydrogen) atoms. The Bertz CT molecular complexity index is 836. The third-order valence-corrected chi connectivity index (χ3v) is 5.33. The van der Waals surface area contributed by atoms with Gasteiger partial charge in [0, 0.05) is 10.9 Å². The van der Waals surface area contributed by atoms with Crippen molar-refractivity contribution >= 4 is 56.0 Å². The summed E-state index contributed by atoms with van der Waals surface area (Å²) < 4.78 is 0.800. The van der Waals surface area contributed by atoms with E-state index in [0.717, 1.165) is 15.7 Å². The van der Waals surface area contributed by atoms with Gasteiger partial charge in [-0.1, -0.05) is 41.6 Å². The van der Waals surface area contributed by atoms with E-state index in [1.807, 2.05) is 49.4 Å². The summed E-state index contributed by atoms with van der Waals surface area (Å²) in [6.07, 6.45) is 0.0880. The number of para-hydroxylation sites is 1. The highest BCUT2D eigenvalue weighted by atomic mass is 79.9. The summed E-state index contributed by atoms with van der Waals surface area (Å²) in [5, 5.41) is 5.58. The molecule has 0 aliphatic carbocycles. The molecule has 128 valence electrons. The number of halogens is 1. The molecule has 1 fully saturated rings. The Morgan fingerprint density at radius 3 is 2.68 bits per heavy atom. The fraction of sp³-hybridized carbons (Fsp3) is 0.167. The molecule has 1 atom stereocenters. The van der Waals surface area contributed by atoms with Gasteiger partial charge in [-0.15, -0.1) is 0 Å². The van der Waals surface area contributed by atoms with Crippen LogP contribution in [0.15, 0.2) is 58.0 Å². The van der Waals surface area contributed by atoms with Crippen LogP contribution in [0.4, 0.5) is 11.4 Å². The molecule has 0 radical (unpaired) electrons. The fourth-order valence-electron chi connectivity index (χ4n) is 2.26. The van der Waals surface area contributed by atoms with Gasteiger partial charge < -0.3 is 10.6 Å². The number of nitrogens with zero attached hydrogens (tertiary/aromatic N) is 1. The molecule has 2 aromatic rings. The molecule has 2 amide bonds. The van der Waals surface area contributed by atoms with Gasteiger partial charge in [-0.05, 0) is 47.1 Å². The maximum atomic E-state index is 12.2. The number of nitrogens with one attached hydrogen (secondary N) is 2. The minimum Gasteiger partial charge on any atom is -0.325 e. The van der Waals surface area contributed by atoms with E-state index < -0.39 is 5.25 Å². The van der Waals surface area contributed by atoms with E-state index in [0.29, 0.717) is 10.9 Å². The van der Waals surface area contributed by atoms with E-state index in [2.05, 4.69) is 31.6 Å². The van der Waals surface area contributed by atoms with E-state index >= 15 is 0 Å². The molecule has 1 aliphatic rings. The zero-order valence-corrected chi connectivity index (χ0v) is 15.9. The molecule has 2 N–H and O–H groups in total. The Morgan fingerprint density at radius 1 is 1.24 bits per heavy atom. The van der Waals surface area contributed by atoms with Crippen molar-refractivity contribution in [3.05, 3.63) is 58.6 Å².